The number of benzene rings is 2. The van der Waals surface area contributed by atoms with E-state index in [0.717, 1.165) is 0 Å². The number of nitrogens with one attached hydrogen (secondary N) is 1. The van der Waals surface area contributed by atoms with Crippen LogP contribution in [0.1, 0.15) is 17.3 Å². The van der Waals surface area contributed by atoms with Gasteiger partial charge in [0.25, 0.3) is 5.91 Å². The Morgan fingerprint density at radius 1 is 1.11 bits per heavy atom. The predicted molar refractivity (Wildman–Crippen MR) is 105 cm³/mol. The summed E-state index contributed by atoms with van der Waals surface area (Å²) < 4.78 is 11.0. The molecule has 2 amide bonds. The van der Waals surface area contributed by atoms with Crippen molar-refractivity contribution < 1.29 is 19.1 Å². The van der Waals surface area contributed by atoms with Gasteiger partial charge in [-0.1, -0.05) is 29.8 Å². The van der Waals surface area contributed by atoms with Gasteiger partial charge in [0.05, 0.1) is 25.3 Å². The lowest BCUT2D eigenvalue weighted by Gasteiger charge is -2.18. The summed E-state index contributed by atoms with van der Waals surface area (Å²) in [5, 5.41) is 3.22. The van der Waals surface area contributed by atoms with Crippen LogP contribution in [0, 0.1) is 0 Å². The number of para-hydroxylation sites is 1. The number of nitrogens with zero attached hydrogens (tertiary/aromatic N) is 1. The molecule has 27 heavy (non-hydrogen) atoms. The number of hydrogen-bond acceptors (Lipinski definition) is 4. The molecule has 0 saturated carbocycles. The molecule has 2 aromatic carbocycles. The van der Waals surface area contributed by atoms with E-state index in [0.29, 0.717) is 41.8 Å². The molecule has 0 heterocycles. The summed E-state index contributed by atoms with van der Waals surface area (Å²) >= 11 is 5.90. The van der Waals surface area contributed by atoms with E-state index in [2.05, 4.69) is 5.32 Å². The molecule has 7 heteroatoms. The maximum absolute atomic E-state index is 12.3. The lowest BCUT2D eigenvalue weighted by molar-refractivity contribution is -0.129. The van der Waals surface area contributed by atoms with Crippen LogP contribution in [-0.4, -0.2) is 50.1 Å². The molecule has 0 radical (unpaired) electrons. The third-order valence-corrected chi connectivity index (χ3v) is 3.98. The molecule has 0 aromatic heterocycles. The fraction of sp³-hybridized carbons (Fsp3) is 0.300. The van der Waals surface area contributed by atoms with Gasteiger partial charge in [0.1, 0.15) is 18.1 Å². The summed E-state index contributed by atoms with van der Waals surface area (Å²) in [7, 11) is 1.66. The van der Waals surface area contributed by atoms with Crippen LogP contribution in [0.25, 0.3) is 0 Å². The first kappa shape index (κ1) is 20.6. The summed E-state index contributed by atoms with van der Waals surface area (Å²) in [5.41, 5.74) is 0.402. The van der Waals surface area contributed by atoms with Gasteiger partial charge in [-0.15, -0.1) is 0 Å². The molecule has 6 nitrogen and oxygen atoms in total. The lowest BCUT2D eigenvalue weighted by Crippen LogP contribution is -2.39. The molecule has 0 unspecified atom stereocenters. The summed E-state index contributed by atoms with van der Waals surface area (Å²) in [4.78, 5) is 26.0. The van der Waals surface area contributed by atoms with Crippen molar-refractivity contribution in [3.05, 3.63) is 59.1 Å². The average molecular weight is 391 g/mol. The van der Waals surface area contributed by atoms with Gasteiger partial charge >= 0.3 is 0 Å². The Bertz CT molecular complexity index is 782. The largest absolute Gasteiger partial charge is 0.493 e. The van der Waals surface area contributed by atoms with Gasteiger partial charge in [-0.05, 0) is 37.3 Å². The minimum atomic E-state index is -0.351. The Kier molecular flexibility index (Phi) is 7.95. The summed E-state index contributed by atoms with van der Waals surface area (Å²) in [6.07, 6.45) is 0. The highest BCUT2D eigenvalue weighted by atomic mass is 35.5. The molecule has 0 saturated heterocycles. The molecule has 0 bridgehead atoms. The second-order valence-corrected chi connectivity index (χ2v) is 6.17. The van der Waals surface area contributed by atoms with Gasteiger partial charge in [-0.2, -0.15) is 0 Å². The molecule has 1 N–H and O–H groups in total. The Labute approximate surface area is 164 Å². The van der Waals surface area contributed by atoms with Gasteiger partial charge in [0.2, 0.25) is 5.91 Å². The molecule has 2 rings (SSSR count). The topological polar surface area (TPSA) is 67.9 Å². The molecule has 0 aliphatic heterocycles. The van der Waals surface area contributed by atoms with Crippen LogP contribution in [-0.2, 0) is 4.79 Å². The fourth-order valence-corrected chi connectivity index (χ4v) is 2.48. The number of likely N-dealkylation sites (N-methyl/N-ethyl adjacent to an activating group) is 1. The predicted octanol–water partition coefficient (Wildman–Crippen LogP) is 3.01. The molecule has 0 spiro atoms. The first-order chi connectivity index (χ1) is 13.0. The Morgan fingerprint density at radius 3 is 2.63 bits per heavy atom. The van der Waals surface area contributed by atoms with Gasteiger partial charge in [-0.3, -0.25) is 9.59 Å². The van der Waals surface area contributed by atoms with E-state index in [1.165, 1.54) is 4.90 Å². The number of hydrogen-bond donors (Lipinski definition) is 1. The van der Waals surface area contributed by atoms with Gasteiger partial charge in [0.15, 0.2) is 0 Å². The van der Waals surface area contributed by atoms with E-state index in [4.69, 9.17) is 21.1 Å². The van der Waals surface area contributed by atoms with Gasteiger partial charge in [0, 0.05) is 12.1 Å². The zero-order valence-corrected chi connectivity index (χ0v) is 16.2. The Balaban J connectivity index is 1.78. The maximum Gasteiger partial charge on any atom is 0.255 e. The van der Waals surface area contributed by atoms with Crippen LogP contribution in [0.3, 0.4) is 0 Å². The first-order valence-corrected chi connectivity index (χ1v) is 9.01. The number of carbonyl (C=O) groups is 2. The van der Waals surface area contributed by atoms with Crippen LogP contribution in [0.2, 0.25) is 5.02 Å². The van der Waals surface area contributed by atoms with Crippen LogP contribution in [0.5, 0.6) is 11.5 Å². The molecule has 0 aliphatic carbocycles. The highest BCUT2D eigenvalue weighted by Gasteiger charge is 2.15. The molecule has 2 aromatic rings. The minimum absolute atomic E-state index is 0.104. The summed E-state index contributed by atoms with van der Waals surface area (Å²) in [6, 6.07) is 14.0. The van der Waals surface area contributed by atoms with Crippen LogP contribution < -0.4 is 14.8 Å². The van der Waals surface area contributed by atoms with E-state index in [9.17, 15) is 9.59 Å². The maximum atomic E-state index is 12.3. The second kappa shape index (κ2) is 10.4. The van der Waals surface area contributed by atoms with Crippen molar-refractivity contribution in [2.75, 3.05) is 33.4 Å². The monoisotopic (exact) mass is 390 g/mol. The quantitative estimate of drug-likeness (QED) is 0.714. The van der Waals surface area contributed by atoms with Crippen molar-refractivity contribution in [3.8, 4) is 11.5 Å². The van der Waals surface area contributed by atoms with Crippen molar-refractivity contribution in [1.82, 2.24) is 10.2 Å². The van der Waals surface area contributed by atoms with Gasteiger partial charge < -0.3 is 19.7 Å². The number of rotatable bonds is 9. The third kappa shape index (κ3) is 6.49. The molecular formula is C20H23ClN2O4. The normalized spacial score (nSPS) is 10.2. The van der Waals surface area contributed by atoms with E-state index in [1.807, 2.05) is 6.92 Å². The van der Waals surface area contributed by atoms with Crippen LogP contribution in [0.15, 0.2) is 48.5 Å². The van der Waals surface area contributed by atoms with Crippen molar-refractivity contribution in [1.29, 1.82) is 0 Å². The summed E-state index contributed by atoms with van der Waals surface area (Å²) in [5.74, 6) is 0.570. The summed E-state index contributed by atoms with van der Waals surface area (Å²) in [6.45, 7) is 2.91. The lowest BCUT2D eigenvalue weighted by atomic mass is 10.2. The highest BCUT2D eigenvalue weighted by molar-refractivity contribution is 6.30. The van der Waals surface area contributed by atoms with Crippen molar-refractivity contribution in [2.45, 2.75) is 6.92 Å². The molecule has 0 aliphatic rings. The van der Waals surface area contributed by atoms with Crippen molar-refractivity contribution in [3.63, 3.8) is 0 Å². The Morgan fingerprint density at radius 2 is 1.89 bits per heavy atom. The number of carbonyl (C=O) groups excluding carboxylic acids is 2. The smallest absolute Gasteiger partial charge is 0.255 e. The molecular weight excluding hydrogens is 368 g/mol. The van der Waals surface area contributed by atoms with Crippen LogP contribution >= 0.6 is 11.6 Å². The Hall–Kier alpha value is -2.73. The van der Waals surface area contributed by atoms with E-state index >= 15 is 0 Å². The standard InChI is InChI=1S/C20H23ClN2O4/c1-3-26-18-10-5-4-9-17(18)20(25)22-14-19(24)23(2)11-12-27-16-8-6-7-15(21)13-16/h4-10,13H,3,11-12,14H2,1-2H3,(H,22,25). The molecule has 0 atom stereocenters. The molecule has 0 fully saturated rings. The highest BCUT2D eigenvalue weighted by Crippen LogP contribution is 2.18. The zero-order valence-electron chi connectivity index (χ0n) is 15.4. The van der Waals surface area contributed by atoms with Crippen molar-refractivity contribution in [2.24, 2.45) is 0 Å². The SMILES string of the molecule is CCOc1ccccc1C(=O)NCC(=O)N(C)CCOc1cccc(Cl)c1. The van der Waals surface area contributed by atoms with Gasteiger partial charge in [-0.25, -0.2) is 0 Å². The van der Waals surface area contributed by atoms with Crippen LogP contribution in [0.4, 0.5) is 0 Å². The van der Waals surface area contributed by atoms with E-state index < -0.39 is 0 Å². The van der Waals surface area contributed by atoms with E-state index in [1.54, 1.807) is 55.6 Å². The average Bonchev–Trinajstić information content (AvgIpc) is 2.66. The second-order valence-electron chi connectivity index (χ2n) is 5.73. The van der Waals surface area contributed by atoms with E-state index in [-0.39, 0.29) is 18.4 Å². The fourth-order valence-electron chi connectivity index (χ4n) is 2.30. The van der Waals surface area contributed by atoms with Crippen molar-refractivity contribution >= 4 is 23.4 Å². The molecule has 144 valence electrons. The number of halogens is 1. The first-order valence-electron chi connectivity index (χ1n) is 8.63. The number of ether oxygens (including phenoxy) is 2. The zero-order chi connectivity index (χ0) is 19.6. The third-order valence-electron chi connectivity index (χ3n) is 3.75. The number of amides is 2. The minimum Gasteiger partial charge on any atom is -0.493 e.